The molecule has 2 aromatic rings. The molecule has 1 aliphatic rings. The summed E-state index contributed by atoms with van der Waals surface area (Å²) in [4.78, 5) is 18.8. The van der Waals surface area contributed by atoms with Gasteiger partial charge in [0.1, 0.15) is 0 Å². The minimum atomic E-state index is -3.44. The van der Waals surface area contributed by atoms with E-state index in [4.69, 9.17) is 4.52 Å². The van der Waals surface area contributed by atoms with Crippen LogP contribution in [0, 0.1) is 12.8 Å². The number of nitrogens with one attached hydrogen (secondary N) is 1. The predicted molar refractivity (Wildman–Crippen MR) is 108 cm³/mol. The van der Waals surface area contributed by atoms with E-state index in [1.165, 1.54) is 12.8 Å². The summed E-state index contributed by atoms with van der Waals surface area (Å²) in [5.41, 5.74) is 0.993. The molecule has 0 atom stereocenters. The lowest BCUT2D eigenvalue weighted by molar-refractivity contribution is 0.0901. The highest BCUT2D eigenvalue weighted by atomic mass is 32.2. The SMILES string of the molecule is Cc1ccc(S(=O)(=O)CCc2noc(C(=O)NCCN3CCC(C)CC3)n2)cc1. The first-order valence-electron chi connectivity index (χ1n) is 9.96. The molecular weight excluding hydrogens is 392 g/mol. The Morgan fingerprint density at radius 3 is 2.62 bits per heavy atom. The van der Waals surface area contributed by atoms with E-state index in [0.29, 0.717) is 6.54 Å². The minimum absolute atomic E-state index is 0.0823. The molecule has 9 heteroatoms. The lowest BCUT2D eigenvalue weighted by Gasteiger charge is -2.29. The van der Waals surface area contributed by atoms with Gasteiger partial charge in [-0.15, -0.1) is 0 Å². The molecular formula is C20H28N4O4S. The number of hydrogen-bond acceptors (Lipinski definition) is 7. The van der Waals surface area contributed by atoms with Crippen molar-refractivity contribution in [3.8, 4) is 0 Å². The molecule has 1 aromatic carbocycles. The van der Waals surface area contributed by atoms with Crippen LogP contribution in [0.25, 0.3) is 0 Å². The second-order valence-electron chi connectivity index (χ2n) is 7.68. The number of aromatic nitrogens is 2. The molecule has 1 saturated heterocycles. The fraction of sp³-hybridized carbons (Fsp3) is 0.550. The maximum atomic E-state index is 12.4. The van der Waals surface area contributed by atoms with Crippen molar-refractivity contribution in [3.05, 3.63) is 41.5 Å². The molecule has 2 heterocycles. The summed E-state index contributed by atoms with van der Waals surface area (Å²) < 4.78 is 29.8. The molecule has 29 heavy (non-hydrogen) atoms. The molecule has 1 amide bonds. The lowest BCUT2D eigenvalue weighted by Crippen LogP contribution is -2.39. The van der Waals surface area contributed by atoms with Gasteiger partial charge < -0.3 is 14.7 Å². The average molecular weight is 421 g/mol. The van der Waals surface area contributed by atoms with Gasteiger partial charge >= 0.3 is 11.8 Å². The summed E-state index contributed by atoms with van der Waals surface area (Å²) in [6, 6.07) is 6.69. The summed E-state index contributed by atoms with van der Waals surface area (Å²) in [5.74, 6) is 0.253. The number of nitrogens with zero attached hydrogens (tertiary/aromatic N) is 3. The van der Waals surface area contributed by atoms with Crippen LogP contribution in [0.4, 0.5) is 0 Å². The van der Waals surface area contributed by atoms with Gasteiger partial charge in [0.2, 0.25) is 0 Å². The van der Waals surface area contributed by atoms with Crippen LogP contribution in [0.3, 0.4) is 0 Å². The van der Waals surface area contributed by atoms with Gasteiger partial charge in [0.15, 0.2) is 15.7 Å². The molecule has 1 aliphatic heterocycles. The van der Waals surface area contributed by atoms with Crippen molar-refractivity contribution in [1.82, 2.24) is 20.4 Å². The van der Waals surface area contributed by atoms with Crippen LogP contribution in [0.1, 0.15) is 41.8 Å². The van der Waals surface area contributed by atoms with Crippen LogP contribution in [0.15, 0.2) is 33.7 Å². The lowest BCUT2D eigenvalue weighted by atomic mass is 9.99. The van der Waals surface area contributed by atoms with Crippen molar-refractivity contribution >= 4 is 15.7 Å². The zero-order valence-electron chi connectivity index (χ0n) is 16.9. The Morgan fingerprint density at radius 1 is 1.24 bits per heavy atom. The molecule has 3 rings (SSSR count). The number of piperidine rings is 1. The molecule has 0 aliphatic carbocycles. The number of benzene rings is 1. The van der Waals surface area contributed by atoms with Crippen molar-refractivity contribution in [2.75, 3.05) is 31.9 Å². The molecule has 158 valence electrons. The van der Waals surface area contributed by atoms with Crippen molar-refractivity contribution in [1.29, 1.82) is 0 Å². The Hall–Kier alpha value is -2.26. The summed E-state index contributed by atoms with van der Waals surface area (Å²) >= 11 is 0. The van der Waals surface area contributed by atoms with E-state index in [1.54, 1.807) is 24.3 Å². The third-order valence-electron chi connectivity index (χ3n) is 5.23. The third-order valence-corrected chi connectivity index (χ3v) is 6.96. The fourth-order valence-corrected chi connectivity index (χ4v) is 4.46. The van der Waals surface area contributed by atoms with Crippen molar-refractivity contribution < 1.29 is 17.7 Å². The van der Waals surface area contributed by atoms with Crippen molar-refractivity contribution in [3.63, 3.8) is 0 Å². The Kier molecular flexibility index (Phi) is 7.02. The van der Waals surface area contributed by atoms with Gasteiger partial charge in [-0.2, -0.15) is 4.98 Å². The molecule has 0 spiro atoms. The molecule has 1 aromatic heterocycles. The van der Waals surface area contributed by atoms with E-state index in [-0.39, 0.29) is 28.8 Å². The standard InChI is InChI=1S/C20H28N4O4S/c1-15-3-5-17(6-4-15)29(26,27)14-9-18-22-20(28-23-18)19(25)21-10-13-24-11-7-16(2)8-12-24/h3-6,16H,7-14H2,1-2H3,(H,21,25). The topological polar surface area (TPSA) is 105 Å². The molecule has 0 radical (unpaired) electrons. The first-order valence-corrected chi connectivity index (χ1v) is 11.6. The van der Waals surface area contributed by atoms with Crippen molar-refractivity contribution in [2.45, 2.75) is 38.0 Å². The Labute approximate surface area is 171 Å². The molecule has 1 fully saturated rings. The second kappa shape index (κ2) is 9.49. The highest BCUT2D eigenvalue weighted by Gasteiger charge is 2.20. The van der Waals surface area contributed by atoms with Crippen LogP contribution < -0.4 is 5.32 Å². The van der Waals surface area contributed by atoms with Gasteiger partial charge in [-0.1, -0.05) is 29.8 Å². The van der Waals surface area contributed by atoms with E-state index < -0.39 is 15.7 Å². The number of sulfone groups is 1. The van der Waals surface area contributed by atoms with Crippen LogP contribution in [-0.4, -0.2) is 61.3 Å². The van der Waals surface area contributed by atoms with Crippen molar-refractivity contribution in [2.24, 2.45) is 5.92 Å². The van der Waals surface area contributed by atoms with Crippen LogP contribution >= 0.6 is 0 Å². The number of rotatable bonds is 8. The van der Waals surface area contributed by atoms with E-state index in [0.717, 1.165) is 31.1 Å². The first kappa shape index (κ1) is 21.4. The summed E-state index contributed by atoms with van der Waals surface area (Å²) in [6.45, 7) is 7.56. The summed E-state index contributed by atoms with van der Waals surface area (Å²) in [7, 11) is -3.44. The summed E-state index contributed by atoms with van der Waals surface area (Å²) in [5, 5.41) is 6.51. The molecule has 0 saturated carbocycles. The number of carbonyl (C=O) groups is 1. The fourth-order valence-electron chi connectivity index (χ4n) is 3.23. The maximum absolute atomic E-state index is 12.4. The Bertz CT molecular complexity index is 916. The van der Waals surface area contributed by atoms with Crippen LogP contribution in [0.2, 0.25) is 0 Å². The zero-order chi connectivity index (χ0) is 20.9. The number of amides is 1. The normalized spacial score (nSPS) is 16.1. The van der Waals surface area contributed by atoms with Gasteiger partial charge in [0.25, 0.3) is 0 Å². The van der Waals surface area contributed by atoms with Gasteiger partial charge in [0, 0.05) is 19.5 Å². The first-order chi connectivity index (χ1) is 13.8. The van der Waals surface area contributed by atoms with Gasteiger partial charge in [-0.05, 0) is 50.9 Å². The van der Waals surface area contributed by atoms with Gasteiger partial charge in [0.05, 0.1) is 10.6 Å². The Balaban J connectivity index is 1.46. The number of carbonyl (C=O) groups excluding carboxylic acids is 1. The van der Waals surface area contributed by atoms with E-state index >= 15 is 0 Å². The number of hydrogen-bond donors (Lipinski definition) is 1. The highest BCUT2D eigenvalue weighted by Crippen LogP contribution is 2.15. The zero-order valence-corrected chi connectivity index (χ0v) is 17.7. The molecule has 1 N–H and O–H groups in total. The second-order valence-corrected chi connectivity index (χ2v) is 9.79. The molecule has 0 bridgehead atoms. The highest BCUT2D eigenvalue weighted by molar-refractivity contribution is 7.91. The number of likely N-dealkylation sites (tertiary alicyclic amines) is 1. The van der Waals surface area contributed by atoms with Gasteiger partial charge in [-0.25, -0.2) is 8.42 Å². The molecule has 8 nitrogen and oxygen atoms in total. The van der Waals surface area contributed by atoms with Gasteiger partial charge in [-0.3, -0.25) is 4.79 Å². The monoisotopic (exact) mass is 420 g/mol. The quantitative estimate of drug-likeness (QED) is 0.695. The van der Waals surface area contributed by atoms with E-state index in [1.807, 2.05) is 6.92 Å². The van der Waals surface area contributed by atoms with Crippen LogP contribution in [-0.2, 0) is 16.3 Å². The maximum Gasteiger partial charge on any atom is 0.315 e. The molecule has 0 unspecified atom stereocenters. The third kappa shape index (κ3) is 6.11. The smallest absolute Gasteiger partial charge is 0.315 e. The van der Waals surface area contributed by atoms with E-state index in [9.17, 15) is 13.2 Å². The minimum Gasteiger partial charge on any atom is -0.347 e. The van der Waals surface area contributed by atoms with Crippen LogP contribution in [0.5, 0.6) is 0 Å². The number of aryl methyl sites for hydroxylation is 2. The predicted octanol–water partition coefficient (Wildman–Crippen LogP) is 1.86. The summed E-state index contributed by atoms with van der Waals surface area (Å²) in [6.07, 6.45) is 2.46. The average Bonchev–Trinajstić information content (AvgIpc) is 3.18. The Morgan fingerprint density at radius 2 is 1.93 bits per heavy atom. The largest absolute Gasteiger partial charge is 0.347 e. The van der Waals surface area contributed by atoms with E-state index in [2.05, 4.69) is 27.3 Å².